The minimum Gasteiger partial charge on any atom is -0.389 e. The van der Waals surface area contributed by atoms with Crippen LogP contribution in [0.3, 0.4) is 0 Å². The van der Waals surface area contributed by atoms with Gasteiger partial charge in [-0.3, -0.25) is 4.99 Å². The van der Waals surface area contributed by atoms with Crippen LogP contribution in [0.5, 0.6) is 0 Å². The number of thiophene rings is 1. The molecule has 0 bridgehead atoms. The highest BCUT2D eigenvalue weighted by atomic mass is 32.1. The molecule has 2 N–H and O–H groups in total. The Bertz CT molecular complexity index is 411. The largest absolute Gasteiger partial charge is 0.389 e. The smallest absolute Gasteiger partial charge is 0.105 e. The van der Waals surface area contributed by atoms with Crippen molar-refractivity contribution >= 4 is 22.6 Å². The van der Waals surface area contributed by atoms with Gasteiger partial charge in [-0.1, -0.05) is 0 Å². The molecule has 2 rings (SSSR count). The average molecular weight is 191 g/mol. The molecule has 1 aliphatic rings. The normalized spacial score (nSPS) is 19.5. The molecule has 2 heterocycles. The molecule has 1 atom stereocenters. The van der Waals surface area contributed by atoms with Gasteiger partial charge in [0.1, 0.15) is 11.1 Å². The first-order valence-corrected chi connectivity index (χ1v) is 4.88. The van der Waals surface area contributed by atoms with Gasteiger partial charge in [0.05, 0.1) is 11.6 Å². The van der Waals surface area contributed by atoms with E-state index >= 15 is 0 Å². The summed E-state index contributed by atoms with van der Waals surface area (Å²) in [4.78, 5) is 5.46. The molecular weight excluding hydrogens is 182 g/mol. The zero-order valence-corrected chi connectivity index (χ0v) is 8.06. The standard InChI is InChI=1S/C9H9N3S/c1-5-2-8-7(4-12-5)6(3-10)9(11)13-8/h4-5H,2,11H2,1H3. The summed E-state index contributed by atoms with van der Waals surface area (Å²) in [6.07, 6.45) is 2.68. The number of aliphatic imine (C=N–C) groups is 1. The van der Waals surface area contributed by atoms with Crippen LogP contribution in [0.15, 0.2) is 4.99 Å². The van der Waals surface area contributed by atoms with E-state index in [0.29, 0.717) is 16.6 Å². The Balaban J connectivity index is 2.58. The van der Waals surface area contributed by atoms with Crippen molar-refractivity contribution in [2.45, 2.75) is 19.4 Å². The van der Waals surface area contributed by atoms with Crippen molar-refractivity contribution in [1.82, 2.24) is 0 Å². The summed E-state index contributed by atoms with van der Waals surface area (Å²) >= 11 is 1.51. The highest BCUT2D eigenvalue weighted by Crippen LogP contribution is 2.32. The zero-order valence-electron chi connectivity index (χ0n) is 7.24. The van der Waals surface area contributed by atoms with Crippen molar-refractivity contribution in [3.8, 4) is 6.07 Å². The lowest BCUT2D eigenvalue weighted by Crippen LogP contribution is -2.09. The minimum atomic E-state index is 0.317. The van der Waals surface area contributed by atoms with E-state index in [1.54, 1.807) is 6.21 Å². The fraction of sp³-hybridized carbons (Fsp3) is 0.333. The van der Waals surface area contributed by atoms with Gasteiger partial charge in [-0.25, -0.2) is 0 Å². The lowest BCUT2D eigenvalue weighted by atomic mass is 10.1. The third kappa shape index (κ3) is 1.21. The predicted molar refractivity (Wildman–Crippen MR) is 54.2 cm³/mol. The Labute approximate surface area is 80.5 Å². The number of nitrogen functional groups attached to an aromatic ring is 1. The lowest BCUT2D eigenvalue weighted by molar-refractivity contribution is 0.742. The Kier molecular flexibility index (Phi) is 1.82. The maximum atomic E-state index is 8.84. The molecule has 1 aromatic heterocycles. The van der Waals surface area contributed by atoms with Gasteiger partial charge < -0.3 is 5.73 Å². The van der Waals surface area contributed by atoms with E-state index in [1.807, 2.05) is 0 Å². The van der Waals surface area contributed by atoms with Crippen LogP contribution < -0.4 is 5.73 Å². The number of nitriles is 1. The Morgan fingerprint density at radius 3 is 3.23 bits per heavy atom. The van der Waals surface area contributed by atoms with Crippen molar-refractivity contribution in [2.24, 2.45) is 4.99 Å². The summed E-state index contributed by atoms with van der Waals surface area (Å²) in [7, 11) is 0. The van der Waals surface area contributed by atoms with Gasteiger partial charge in [0.2, 0.25) is 0 Å². The van der Waals surface area contributed by atoms with Crippen molar-refractivity contribution < 1.29 is 0 Å². The topological polar surface area (TPSA) is 62.2 Å². The van der Waals surface area contributed by atoms with Crippen LogP contribution in [0.1, 0.15) is 22.9 Å². The minimum absolute atomic E-state index is 0.317. The molecule has 0 aliphatic carbocycles. The lowest BCUT2D eigenvalue weighted by Gasteiger charge is -2.10. The molecule has 0 spiro atoms. The molecule has 0 fully saturated rings. The van der Waals surface area contributed by atoms with Gasteiger partial charge in [-0.2, -0.15) is 5.26 Å². The number of rotatable bonds is 0. The fourth-order valence-corrected chi connectivity index (χ4v) is 2.55. The van der Waals surface area contributed by atoms with Crippen molar-refractivity contribution in [3.63, 3.8) is 0 Å². The molecule has 0 amide bonds. The molecule has 0 saturated carbocycles. The van der Waals surface area contributed by atoms with Crippen LogP contribution in [-0.2, 0) is 6.42 Å². The van der Waals surface area contributed by atoms with E-state index in [-0.39, 0.29) is 0 Å². The highest BCUT2D eigenvalue weighted by Gasteiger charge is 2.19. The second-order valence-corrected chi connectivity index (χ2v) is 4.26. The van der Waals surface area contributed by atoms with E-state index in [9.17, 15) is 0 Å². The number of hydrogen-bond donors (Lipinski definition) is 1. The number of anilines is 1. The first-order chi connectivity index (χ1) is 6.22. The van der Waals surface area contributed by atoms with Crippen LogP contribution in [0.4, 0.5) is 5.00 Å². The van der Waals surface area contributed by atoms with E-state index in [0.717, 1.165) is 12.0 Å². The summed E-state index contributed by atoms with van der Waals surface area (Å²) < 4.78 is 0. The van der Waals surface area contributed by atoms with Gasteiger partial charge in [-0.15, -0.1) is 11.3 Å². The highest BCUT2D eigenvalue weighted by molar-refractivity contribution is 7.16. The number of hydrogen-bond acceptors (Lipinski definition) is 4. The van der Waals surface area contributed by atoms with Crippen LogP contribution in [0, 0.1) is 11.3 Å². The first-order valence-electron chi connectivity index (χ1n) is 4.06. The maximum absolute atomic E-state index is 8.84. The molecular formula is C9H9N3S. The quantitative estimate of drug-likeness (QED) is 0.676. The zero-order chi connectivity index (χ0) is 9.42. The van der Waals surface area contributed by atoms with Crippen molar-refractivity contribution in [1.29, 1.82) is 5.26 Å². The Morgan fingerprint density at radius 2 is 2.54 bits per heavy atom. The summed E-state index contributed by atoms with van der Waals surface area (Å²) in [6.45, 7) is 2.06. The van der Waals surface area contributed by atoms with Crippen LogP contribution in [-0.4, -0.2) is 12.3 Å². The van der Waals surface area contributed by atoms with E-state index in [4.69, 9.17) is 11.0 Å². The number of nitrogens with zero attached hydrogens (tertiary/aromatic N) is 2. The molecule has 66 valence electrons. The third-order valence-corrected chi connectivity index (χ3v) is 3.16. The van der Waals surface area contributed by atoms with Crippen molar-refractivity contribution in [2.75, 3.05) is 5.73 Å². The second-order valence-electron chi connectivity index (χ2n) is 3.12. The fourth-order valence-electron chi connectivity index (χ4n) is 1.44. The van der Waals surface area contributed by atoms with Gasteiger partial charge >= 0.3 is 0 Å². The second kappa shape index (κ2) is 2.86. The van der Waals surface area contributed by atoms with Crippen LogP contribution in [0.25, 0.3) is 0 Å². The molecule has 4 heteroatoms. The Hall–Kier alpha value is -1.34. The molecule has 13 heavy (non-hydrogen) atoms. The van der Waals surface area contributed by atoms with Crippen LogP contribution in [0.2, 0.25) is 0 Å². The number of fused-ring (bicyclic) bond motifs is 1. The summed E-state index contributed by atoms with van der Waals surface area (Å²) in [6, 6.07) is 2.43. The number of nitrogens with two attached hydrogens (primary N) is 1. The van der Waals surface area contributed by atoms with Gasteiger partial charge in [0, 0.05) is 23.1 Å². The molecule has 3 nitrogen and oxygen atoms in total. The van der Waals surface area contributed by atoms with Gasteiger partial charge in [0.25, 0.3) is 0 Å². The first kappa shape index (κ1) is 8.27. The SMILES string of the molecule is CC1Cc2sc(N)c(C#N)c2C=N1. The van der Waals surface area contributed by atoms with Gasteiger partial charge in [-0.05, 0) is 6.92 Å². The average Bonchev–Trinajstić information content (AvgIpc) is 2.39. The Morgan fingerprint density at radius 1 is 1.77 bits per heavy atom. The summed E-state index contributed by atoms with van der Waals surface area (Å²) in [5.74, 6) is 0. The summed E-state index contributed by atoms with van der Waals surface area (Å²) in [5, 5.41) is 9.46. The molecule has 0 radical (unpaired) electrons. The molecule has 1 aromatic rings. The van der Waals surface area contributed by atoms with E-state index in [2.05, 4.69) is 18.0 Å². The predicted octanol–water partition coefficient (Wildman–Crippen LogP) is 1.57. The third-order valence-electron chi connectivity index (χ3n) is 2.10. The molecule has 1 unspecified atom stereocenters. The maximum Gasteiger partial charge on any atom is 0.105 e. The van der Waals surface area contributed by atoms with Crippen molar-refractivity contribution in [3.05, 3.63) is 16.0 Å². The monoisotopic (exact) mass is 191 g/mol. The molecule has 0 saturated heterocycles. The van der Waals surface area contributed by atoms with Gasteiger partial charge in [0.15, 0.2) is 0 Å². The summed E-state index contributed by atoms with van der Waals surface area (Å²) in [5.41, 5.74) is 7.24. The molecule has 0 aromatic carbocycles. The molecule has 1 aliphatic heterocycles. The van der Waals surface area contributed by atoms with E-state index in [1.165, 1.54) is 16.2 Å². The van der Waals surface area contributed by atoms with E-state index < -0.39 is 0 Å². The van der Waals surface area contributed by atoms with Crippen LogP contribution >= 0.6 is 11.3 Å².